The number of ether oxygens (including phenoxy) is 2. The smallest absolute Gasteiger partial charge is 0.119 e. The van der Waals surface area contributed by atoms with Gasteiger partial charge < -0.3 is 9.47 Å². The molecule has 0 aliphatic rings. The molecule has 0 bridgehead atoms. The van der Waals surface area contributed by atoms with Gasteiger partial charge in [0.15, 0.2) is 0 Å². The lowest BCUT2D eigenvalue weighted by atomic mass is 9.87. The van der Waals surface area contributed by atoms with E-state index in [1.807, 2.05) is 24.3 Å². The van der Waals surface area contributed by atoms with Gasteiger partial charge in [0.25, 0.3) is 0 Å². The molecule has 0 aromatic heterocycles. The van der Waals surface area contributed by atoms with Gasteiger partial charge >= 0.3 is 0 Å². The van der Waals surface area contributed by atoms with E-state index in [1.54, 1.807) is 14.2 Å². The van der Waals surface area contributed by atoms with Crippen LogP contribution in [-0.2, 0) is 0 Å². The molecular weight excluding hydrogens is 284 g/mol. The van der Waals surface area contributed by atoms with Crippen LogP contribution in [0.15, 0.2) is 36.4 Å². The highest BCUT2D eigenvalue weighted by atomic mass is 35.5. The van der Waals surface area contributed by atoms with Crippen LogP contribution in [0.4, 0.5) is 0 Å². The molecule has 0 heterocycles. The topological polar surface area (TPSA) is 18.5 Å². The Balaban J connectivity index is 2.44. The Morgan fingerprint density at radius 2 is 1.29 bits per heavy atom. The summed E-state index contributed by atoms with van der Waals surface area (Å²) in [7, 11) is 3.36. The summed E-state index contributed by atoms with van der Waals surface area (Å²) in [6.45, 7) is 4.19. The molecule has 0 spiro atoms. The average Bonchev–Trinajstić information content (AvgIpc) is 2.50. The number of aryl methyl sites for hydroxylation is 2. The molecular formula is C18H21ClO2. The van der Waals surface area contributed by atoms with Crippen LogP contribution in [0.1, 0.15) is 28.2 Å². The van der Waals surface area contributed by atoms with Crippen LogP contribution in [0.3, 0.4) is 0 Å². The minimum Gasteiger partial charge on any atom is -0.497 e. The average molecular weight is 305 g/mol. The fourth-order valence-corrected chi connectivity index (χ4v) is 3.00. The van der Waals surface area contributed by atoms with Gasteiger partial charge in [0.1, 0.15) is 11.5 Å². The lowest BCUT2D eigenvalue weighted by Gasteiger charge is -2.20. The minimum atomic E-state index is 0.170. The van der Waals surface area contributed by atoms with E-state index >= 15 is 0 Å². The van der Waals surface area contributed by atoms with Crippen molar-refractivity contribution in [2.75, 3.05) is 20.1 Å². The van der Waals surface area contributed by atoms with Crippen LogP contribution in [0.5, 0.6) is 11.5 Å². The third-order valence-corrected chi connectivity index (χ3v) is 4.17. The van der Waals surface area contributed by atoms with Crippen molar-refractivity contribution in [2.45, 2.75) is 19.8 Å². The van der Waals surface area contributed by atoms with Crippen LogP contribution in [0.25, 0.3) is 0 Å². The largest absolute Gasteiger partial charge is 0.497 e. The minimum absolute atomic E-state index is 0.170. The summed E-state index contributed by atoms with van der Waals surface area (Å²) in [6.07, 6.45) is 0. The number of hydrogen-bond donors (Lipinski definition) is 0. The molecule has 0 saturated heterocycles. The fraction of sp³-hybridized carbons (Fsp3) is 0.333. The second kappa shape index (κ2) is 6.86. The second-order valence-corrected chi connectivity index (χ2v) is 5.46. The van der Waals surface area contributed by atoms with E-state index in [0.29, 0.717) is 5.88 Å². The Kier molecular flexibility index (Phi) is 5.13. The third kappa shape index (κ3) is 3.33. The first-order chi connectivity index (χ1) is 10.1. The summed E-state index contributed by atoms with van der Waals surface area (Å²) in [6, 6.07) is 12.3. The van der Waals surface area contributed by atoms with E-state index in [0.717, 1.165) is 11.5 Å². The number of methoxy groups -OCH3 is 2. The van der Waals surface area contributed by atoms with Crippen LogP contribution in [0.2, 0.25) is 0 Å². The van der Waals surface area contributed by atoms with E-state index in [4.69, 9.17) is 21.1 Å². The van der Waals surface area contributed by atoms with Gasteiger partial charge in [-0.3, -0.25) is 0 Å². The molecule has 21 heavy (non-hydrogen) atoms. The zero-order valence-corrected chi connectivity index (χ0v) is 13.7. The molecule has 0 radical (unpaired) electrons. The molecule has 112 valence electrons. The van der Waals surface area contributed by atoms with Gasteiger partial charge in [-0.25, -0.2) is 0 Å². The van der Waals surface area contributed by atoms with Gasteiger partial charge in [0.05, 0.1) is 14.2 Å². The molecule has 0 aliphatic carbocycles. The van der Waals surface area contributed by atoms with Crippen molar-refractivity contribution < 1.29 is 9.47 Å². The molecule has 0 N–H and O–H groups in total. The predicted octanol–water partition coefficient (Wildman–Crippen LogP) is 4.69. The summed E-state index contributed by atoms with van der Waals surface area (Å²) in [5.41, 5.74) is 4.85. The Labute approximate surface area is 131 Å². The van der Waals surface area contributed by atoms with E-state index < -0.39 is 0 Å². The van der Waals surface area contributed by atoms with Crippen molar-refractivity contribution in [2.24, 2.45) is 0 Å². The quantitative estimate of drug-likeness (QED) is 0.746. The van der Waals surface area contributed by atoms with Gasteiger partial charge in [0, 0.05) is 11.8 Å². The standard InChI is InChI=1S/C18H21ClO2/c1-12-9-14(20-3)5-7-16(12)18(11-19)17-8-6-15(21-4)10-13(17)2/h5-10,18H,11H2,1-4H3. The number of rotatable bonds is 5. The summed E-state index contributed by atoms with van der Waals surface area (Å²) in [5.74, 6) is 2.45. The maximum Gasteiger partial charge on any atom is 0.119 e. The SMILES string of the molecule is COc1ccc(C(CCl)c2ccc(OC)cc2C)c(C)c1. The van der Waals surface area contributed by atoms with Gasteiger partial charge in [-0.05, 0) is 60.4 Å². The molecule has 2 nitrogen and oxygen atoms in total. The number of halogens is 1. The molecule has 0 unspecified atom stereocenters. The summed E-state index contributed by atoms with van der Waals surface area (Å²) >= 11 is 6.27. The molecule has 0 amide bonds. The zero-order valence-electron chi connectivity index (χ0n) is 12.9. The van der Waals surface area contributed by atoms with Crippen LogP contribution >= 0.6 is 11.6 Å². The first-order valence-corrected chi connectivity index (χ1v) is 7.49. The molecule has 2 rings (SSSR count). The van der Waals surface area contributed by atoms with E-state index in [9.17, 15) is 0 Å². The monoisotopic (exact) mass is 304 g/mol. The summed E-state index contributed by atoms with van der Waals surface area (Å²) < 4.78 is 10.5. The van der Waals surface area contributed by atoms with Gasteiger partial charge in [-0.2, -0.15) is 0 Å². The van der Waals surface area contributed by atoms with Crippen LogP contribution in [0, 0.1) is 13.8 Å². The maximum absolute atomic E-state index is 6.27. The Bertz CT molecular complexity index is 569. The van der Waals surface area contributed by atoms with E-state index in [1.165, 1.54) is 22.3 Å². The Morgan fingerprint density at radius 1 is 0.857 bits per heavy atom. The van der Waals surface area contributed by atoms with Gasteiger partial charge in [-0.15, -0.1) is 11.6 Å². The van der Waals surface area contributed by atoms with Crippen molar-refractivity contribution in [1.29, 1.82) is 0 Å². The van der Waals surface area contributed by atoms with Crippen molar-refractivity contribution in [1.82, 2.24) is 0 Å². The molecule has 0 atom stereocenters. The lowest BCUT2D eigenvalue weighted by Crippen LogP contribution is -2.07. The summed E-state index contributed by atoms with van der Waals surface area (Å²) in [4.78, 5) is 0. The first-order valence-electron chi connectivity index (χ1n) is 6.95. The Hall–Kier alpha value is -1.67. The predicted molar refractivity (Wildman–Crippen MR) is 88.0 cm³/mol. The number of benzene rings is 2. The van der Waals surface area contributed by atoms with Gasteiger partial charge in [0.2, 0.25) is 0 Å². The van der Waals surface area contributed by atoms with Crippen LogP contribution < -0.4 is 9.47 Å². The molecule has 2 aromatic carbocycles. The summed E-state index contributed by atoms with van der Waals surface area (Å²) in [5, 5.41) is 0. The van der Waals surface area contributed by atoms with E-state index in [-0.39, 0.29) is 5.92 Å². The maximum atomic E-state index is 6.27. The lowest BCUT2D eigenvalue weighted by molar-refractivity contribution is 0.414. The van der Waals surface area contributed by atoms with E-state index in [2.05, 4.69) is 26.0 Å². The van der Waals surface area contributed by atoms with Crippen molar-refractivity contribution >= 4 is 11.6 Å². The van der Waals surface area contributed by atoms with Crippen molar-refractivity contribution in [3.63, 3.8) is 0 Å². The van der Waals surface area contributed by atoms with Crippen molar-refractivity contribution in [3.05, 3.63) is 58.7 Å². The second-order valence-electron chi connectivity index (χ2n) is 5.15. The normalized spacial score (nSPS) is 10.8. The zero-order chi connectivity index (χ0) is 15.4. The highest BCUT2D eigenvalue weighted by Crippen LogP contribution is 2.33. The first kappa shape index (κ1) is 15.7. The third-order valence-electron chi connectivity index (χ3n) is 3.86. The molecule has 0 saturated carbocycles. The van der Waals surface area contributed by atoms with Crippen molar-refractivity contribution in [3.8, 4) is 11.5 Å². The fourth-order valence-electron chi connectivity index (χ4n) is 2.67. The highest BCUT2D eigenvalue weighted by Gasteiger charge is 2.18. The van der Waals surface area contributed by atoms with Crippen LogP contribution in [-0.4, -0.2) is 20.1 Å². The van der Waals surface area contributed by atoms with Gasteiger partial charge in [-0.1, -0.05) is 12.1 Å². The molecule has 2 aromatic rings. The highest BCUT2D eigenvalue weighted by molar-refractivity contribution is 6.18. The molecule has 0 fully saturated rings. The number of hydrogen-bond acceptors (Lipinski definition) is 2. The number of alkyl halides is 1. The molecule has 3 heteroatoms. The Morgan fingerprint density at radius 3 is 1.57 bits per heavy atom. The molecule has 0 aliphatic heterocycles.